The number of nitrogens with two attached hydrogens (primary N) is 6. The molecule has 0 aliphatic rings. The highest BCUT2D eigenvalue weighted by atomic mass is 35.5. The summed E-state index contributed by atoms with van der Waals surface area (Å²) in [6.45, 7) is 29.2. The third-order valence-corrected chi connectivity index (χ3v) is 18.5. The fourth-order valence-electron chi connectivity index (χ4n) is 9.41. The largest absolute Gasteiger partial charge is 0.398 e. The number of halogens is 8. The molecule has 6 aromatic carbocycles. The fraction of sp³-hybridized carbons (Fsp3) is 0.410. The van der Waals surface area contributed by atoms with E-state index in [-0.39, 0.29) is 0 Å². The molecule has 0 heterocycles. The molecule has 0 amide bonds. The molecule has 0 radical (unpaired) electrons. The molecule has 0 bridgehead atoms. The fourth-order valence-corrected chi connectivity index (χ4v) is 11.5. The highest BCUT2D eigenvalue weighted by Crippen LogP contribution is 2.42. The maximum atomic E-state index is 6.67. The van der Waals surface area contributed by atoms with Gasteiger partial charge in [0, 0.05) is 72.1 Å². The van der Waals surface area contributed by atoms with E-state index in [0.29, 0.717) is 87.2 Å². The Morgan fingerprint density at radius 2 is 0.560 bits per heavy atom. The summed E-state index contributed by atoms with van der Waals surface area (Å²) < 4.78 is 0. The molecular weight excluding hydrogens is 1100 g/mol. The van der Waals surface area contributed by atoms with Crippen molar-refractivity contribution in [2.24, 2.45) is 0 Å². The molecule has 2 atom stereocenters. The predicted octanol–water partition coefficient (Wildman–Crippen LogP) is 20.2. The summed E-state index contributed by atoms with van der Waals surface area (Å²) in [6, 6.07) is 12.1. The molecule has 2 unspecified atom stereocenters. The summed E-state index contributed by atoms with van der Waals surface area (Å²) >= 11 is 52.0. The quantitative estimate of drug-likeness (QED) is 0.0597. The van der Waals surface area contributed by atoms with Gasteiger partial charge in [-0.25, -0.2) is 0 Å². The summed E-state index contributed by atoms with van der Waals surface area (Å²) in [5.74, 6) is 1.45. The van der Waals surface area contributed by atoms with Gasteiger partial charge in [-0.2, -0.15) is 0 Å². The number of nitrogen functional groups attached to an aromatic ring is 6. The van der Waals surface area contributed by atoms with E-state index in [2.05, 4.69) is 79.7 Å². The van der Waals surface area contributed by atoms with Gasteiger partial charge < -0.3 is 34.4 Å². The zero-order chi connectivity index (χ0) is 56.8. The van der Waals surface area contributed by atoms with E-state index in [4.69, 9.17) is 127 Å². The van der Waals surface area contributed by atoms with Crippen LogP contribution in [0.15, 0.2) is 36.4 Å². The highest BCUT2D eigenvalue weighted by molar-refractivity contribution is 6.38. The Balaban J connectivity index is 0.000000244. The minimum Gasteiger partial charge on any atom is -0.398 e. The standard InChI is InChI=1S/C23H32Cl2N2.C21H28Cl2N2.C17H18Cl4N2/c1-7-12(3)18-10-16(20(24)14(5)22(18)26)9-17-11-19(13(4)8-2)23(27)15(6)21(17)25;1-10(2)16-8-14(18(22)12(5)20(16)24)7-15-9-17(11(3)4)21(25)13(6)19(15)23;1-3-10-14(20)8(6-12(18)16(10)22)5-9-7-13(19)17(23)11(4-2)15(9)21/h10-13H,7-9,26-27H2,1-6H3;8-11H,7,24-25H2,1-6H3;6-7H,3-5,22-23H2,1-2H3. The van der Waals surface area contributed by atoms with Crippen molar-refractivity contribution in [1.82, 2.24) is 0 Å². The lowest BCUT2D eigenvalue weighted by Gasteiger charge is -2.21. The van der Waals surface area contributed by atoms with Crippen LogP contribution in [0.3, 0.4) is 0 Å². The van der Waals surface area contributed by atoms with E-state index in [1.165, 1.54) is 11.1 Å². The molecule has 0 aliphatic carbocycles. The molecule has 0 aliphatic heterocycles. The van der Waals surface area contributed by atoms with E-state index in [0.717, 1.165) is 134 Å². The van der Waals surface area contributed by atoms with Crippen LogP contribution in [-0.4, -0.2) is 0 Å². The Morgan fingerprint density at radius 1 is 0.333 bits per heavy atom. The first-order chi connectivity index (χ1) is 35.0. The van der Waals surface area contributed by atoms with Crippen LogP contribution in [0, 0.1) is 27.7 Å². The molecule has 12 N–H and O–H groups in total. The summed E-state index contributed by atoms with van der Waals surface area (Å²) in [7, 11) is 0. The second-order valence-electron chi connectivity index (χ2n) is 20.5. The topological polar surface area (TPSA) is 156 Å². The molecule has 0 fully saturated rings. The molecule has 0 spiro atoms. The average molecular weight is 1180 g/mol. The maximum Gasteiger partial charge on any atom is 0.0642 e. The third kappa shape index (κ3) is 14.2. The van der Waals surface area contributed by atoms with Crippen LogP contribution >= 0.6 is 92.8 Å². The number of rotatable bonds is 14. The number of anilines is 6. The summed E-state index contributed by atoms with van der Waals surface area (Å²) in [5, 5.41) is 5.14. The molecule has 6 nitrogen and oxygen atoms in total. The molecule has 6 aromatic rings. The van der Waals surface area contributed by atoms with E-state index in [1.54, 1.807) is 12.1 Å². The highest BCUT2D eigenvalue weighted by Gasteiger charge is 2.23. The summed E-state index contributed by atoms with van der Waals surface area (Å²) in [6.07, 6.45) is 5.32. The Hall–Kier alpha value is -3.56. The molecule has 0 aromatic heterocycles. The van der Waals surface area contributed by atoms with Gasteiger partial charge >= 0.3 is 0 Å². The van der Waals surface area contributed by atoms with Gasteiger partial charge in [-0.3, -0.25) is 0 Å². The van der Waals surface area contributed by atoms with Crippen molar-refractivity contribution in [3.63, 3.8) is 0 Å². The van der Waals surface area contributed by atoms with Crippen LogP contribution in [-0.2, 0) is 32.1 Å². The lowest BCUT2D eigenvalue weighted by Crippen LogP contribution is -2.07. The molecule has 0 saturated carbocycles. The van der Waals surface area contributed by atoms with Gasteiger partial charge in [-0.15, -0.1) is 0 Å². The van der Waals surface area contributed by atoms with Gasteiger partial charge in [0.25, 0.3) is 0 Å². The van der Waals surface area contributed by atoms with Crippen molar-refractivity contribution in [2.45, 2.75) is 166 Å². The predicted molar refractivity (Wildman–Crippen MR) is 337 cm³/mol. The van der Waals surface area contributed by atoms with Gasteiger partial charge in [0.2, 0.25) is 0 Å². The van der Waals surface area contributed by atoms with Crippen molar-refractivity contribution in [2.75, 3.05) is 34.4 Å². The van der Waals surface area contributed by atoms with Gasteiger partial charge in [0.1, 0.15) is 0 Å². The lowest BCUT2D eigenvalue weighted by molar-refractivity contribution is 0.732. The molecule has 0 saturated heterocycles. The minimum absolute atomic E-state index is 0.338. The molecule has 75 heavy (non-hydrogen) atoms. The van der Waals surface area contributed by atoms with Gasteiger partial charge in [-0.1, -0.05) is 186 Å². The number of benzene rings is 6. The van der Waals surface area contributed by atoms with Gasteiger partial charge in [0.15, 0.2) is 0 Å². The Labute approximate surface area is 488 Å². The van der Waals surface area contributed by atoms with Gasteiger partial charge in [-0.05, 0) is 178 Å². The average Bonchev–Trinajstić information content (AvgIpc) is 3.37. The Morgan fingerprint density at radius 3 is 0.787 bits per heavy atom. The van der Waals surface area contributed by atoms with E-state index in [9.17, 15) is 0 Å². The van der Waals surface area contributed by atoms with Gasteiger partial charge in [0.05, 0.1) is 21.4 Å². The van der Waals surface area contributed by atoms with Crippen LogP contribution in [0.25, 0.3) is 0 Å². The smallest absolute Gasteiger partial charge is 0.0642 e. The monoisotopic (exact) mass is 1170 g/mol. The van der Waals surface area contributed by atoms with E-state index < -0.39 is 0 Å². The van der Waals surface area contributed by atoms with Crippen LogP contribution in [0.4, 0.5) is 34.1 Å². The lowest BCUT2D eigenvalue weighted by atomic mass is 9.88. The first kappa shape index (κ1) is 64.0. The molecular formula is C61H78Cl8N6. The van der Waals surface area contributed by atoms with Crippen molar-refractivity contribution in [3.05, 3.63) is 166 Å². The van der Waals surface area contributed by atoms with Crippen molar-refractivity contribution >= 4 is 127 Å². The third-order valence-electron chi connectivity index (χ3n) is 14.9. The van der Waals surface area contributed by atoms with Crippen LogP contribution < -0.4 is 34.4 Å². The number of hydrogen-bond donors (Lipinski definition) is 6. The van der Waals surface area contributed by atoms with Crippen molar-refractivity contribution < 1.29 is 0 Å². The first-order valence-electron chi connectivity index (χ1n) is 25.8. The van der Waals surface area contributed by atoms with Crippen LogP contribution in [0.2, 0.25) is 40.2 Å². The van der Waals surface area contributed by atoms with Crippen molar-refractivity contribution in [1.29, 1.82) is 0 Å². The zero-order valence-corrected chi connectivity index (χ0v) is 52.3. The second-order valence-corrected chi connectivity index (χ2v) is 23.6. The first-order valence-corrected chi connectivity index (χ1v) is 28.8. The molecule has 14 heteroatoms. The Kier molecular flexibility index (Phi) is 23.3. The zero-order valence-electron chi connectivity index (χ0n) is 46.2. The number of hydrogen-bond acceptors (Lipinski definition) is 6. The van der Waals surface area contributed by atoms with Crippen molar-refractivity contribution in [3.8, 4) is 0 Å². The minimum atomic E-state index is 0.338. The molecule has 408 valence electrons. The summed E-state index contributed by atoms with van der Waals surface area (Å²) in [4.78, 5) is 0. The maximum absolute atomic E-state index is 6.67. The Bertz CT molecular complexity index is 2850. The van der Waals surface area contributed by atoms with Crippen LogP contribution in [0.1, 0.15) is 195 Å². The van der Waals surface area contributed by atoms with E-state index in [1.807, 2.05) is 41.5 Å². The second kappa shape index (κ2) is 27.3. The normalized spacial score (nSPS) is 12.2. The molecule has 6 rings (SSSR count). The van der Waals surface area contributed by atoms with Crippen LogP contribution in [0.5, 0.6) is 0 Å². The SMILES string of the molecule is CCC(C)c1cc(Cc2cc(C(C)CC)c(N)c(C)c2Cl)c(Cl)c(C)c1N.CCc1c(N)c(Cl)cc(Cc2cc(Cl)c(N)c(CC)c2Cl)c1Cl.Cc1c(N)c(C(C)C)cc(Cc2cc(C(C)C)c(N)c(C)c2Cl)c1Cl. The van der Waals surface area contributed by atoms with E-state index >= 15 is 0 Å². The summed E-state index contributed by atoms with van der Waals surface area (Å²) in [5.41, 5.74) is 57.5.